The van der Waals surface area contributed by atoms with E-state index in [0.717, 1.165) is 11.1 Å². The monoisotopic (exact) mass is 378 g/mol. The van der Waals surface area contributed by atoms with Gasteiger partial charge in [-0.1, -0.05) is 19.9 Å². The second-order valence-corrected chi connectivity index (χ2v) is 9.05. The molecule has 0 aliphatic heterocycles. The van der Waals surface area contributed by atoms with Gasteiger partial charge in [-0.2, -0.15) is 0 Å². The number of benzene rings is 1. The van der Waals surface area contributed by atoms with Crippen LogP contribution >= 0.6 is 0 Å². The van der Waals surface area contributed by atoms with Gasteiger partial charge in [0.25, 0.3) is 0 Å². The van der Waals surface area contributed by atoms with Crippen molar-refractivity contribution in [3.63, 3.8) is 0 Å². The number of ether oxygens (including phenoxy) is 2. The van der Waals surface area contributed by atoms with Crippen LogP contribution in [0.5, 0.6) is 0 Å². The van der Waals surface area contributed by atoms with Crippen LogP contribution in [0.1, 0.15) is 72.4 Å². The molecule has 1 aromatic carbocycles. The molecule has 0 heterocycles. The topological polar surface area (TPSA) is 90.6 Å². The maximum absolute atomic E-state index is 12.7. The van der Waals surface area contributed by atoms with Crippen molar-refractivity contribution in [2.45, 2.75) is 85.0 Å². The molecule has 0 saturated carbocycles. The lowest BCUT2D eigenvalue weighted by molar-refractivity contribution is -0.157. The first-order chi connectivity index (χ1) is 12.2. The summed E-state index contributed by atoms with van der Waals surface area (Å²) in [5, 5.41) is 2.65. The minimum atomic E-state index is -0.877. The van der Waals surface area contributed by atoms with E-state index >= 15 is 0 Å². The molecule has 6 heteroatoms. The van der Waals surface area contributed by atoms with Gasteiger partial charge in [0.05, 0.1) is 0 Å². The van der Waals surface area contributed by atoms with E-state index in [1.807, 2.05) is 18.2 Å². The highest BCUT2D eigenvalue weighted by Gasteiger charge is 2.29. The molecule has 0 aromatic heterocycles. The van der Waals surface area contributed by atoms with Crippen LogP contribution < -0.4 is 11.1 Å². The highest BCUT2D eigenvalue weighted by molar-refractivity contribution is 5.82. The lowest BCUT2D eigenvalue weighted by Gasteiger charge is -2.27. The maximum Gasteiger partial charge on any atom is 0.408 e. The molecule has 0 fully saturated rings. The largest absolute Gasteiger partial charge is 0.458 e. The number of nitrogen functional groups attached to an aromatic ring is 1. The van der Waals surface area contributed by atoms with Crippen LogP contribution in [0.25, 0.3) is 0 Å². The van der Waals surface area contributed by atoms with Crippen LogP contribution in [-0.4, -0.2) is 29.3 Å². The minimum Gasteiger partial charge on any atom is -0.458 e. The summed E-state index contributed by atoms with van der Waals surface area (Å²) in [6.07, 6.45) is -0.388. The van der Waals surface area contributed by atoms with Gasteiger partial charge in [-0.3, -0.25) is 0 Å². The zero-order chi connectivity index (χ0) is 21.0. The first-order valence-electron chi connectivity index (χ1n) is 9.28. The third-order valence-corrected chi connectivity index (χ3v) is 3.60. The van der Waals surface area contributed by atoms with Crippen molar-refractivity contribution in [2.24, 2.45) is 0 Å². The molecule has 0 bridgehead atoms. The number of carbonyl (C=O) groups excluding carboxylic acids is 2. The summed E-state index contributed by atoms with van der Waals surface area (Å²) in [6.45, 7) is 14.8. The SMILES string of the molecule is CC(C)c1ccc(N)cc1C[C@@H](NC(=O)OC(C)(C)C)C(=O)OC(C)(C)C. The van der Waals surface area contributed by atoms with Crippen LogP contribution in [0.3, 0.4) is 0 Å². The van der Waals surface area contributed by atoms with Gasteiger partial charge >= 0.3 is 12.1 Å². The molecule has 27 heavy (non-hydrogen) atoms. The summed E-state index contributed by atoms with van der Waals surface area (Å²) >= 11 is 0. The van der Waals surface area contributed by atoms with Crippen molar-refractivity contribution in [2.75, 3.05) is 5.73 Å². The van der Waals surface area contributed by atoms with Crippen LogP contribution in [0.4, 0.5) is 10.5 Å². The molecule has 3 N–H and O–H groups in total. The predicted octanol–water partition coefficient (Wildman–Crippen LogP) is 4.17. The summed E-state index contributed by atoms with van der Waals surface area (Å²) < 4.78 is 10.8. The molecule has 0 spiro atoms. The van der Waals surface area contributed by atoms with Crippen LogP contribution in [-0.2, 0) is 20.7 Å². The Balaban J connectivity index is 3.13. The van der Waals surface area contributed by atoms with Crippen molar-refractivity contribution in [1.82, 2.24) is 5.32 Å². The van der Waals surface area contributed by atoms with Gasteiger partial charge in [0.2, 0.25) is 0 Å². The van der Waals surface area contributed by atoms with Gasteiger partial charge < -0.3 is 20.5 Å². The van der Waals surface area contributed by atoms with Gasteiger partial charge in [0.15, 0.2) is 0 Å². The van der Waals surface area contributed by atoms with E-state index in [9.17, 15) is 9.59 Å². The highest BCUT2D eigenvalue weighted by atomic mass is 16.6. The summed E-state index contributed by atoms with van der Waals surface area (Å²) in [7, 11) is 0. The van der Waals surface area contributed by atoms with Gasteiger partial charge in [-0.15, -0.1) is 0 Å². The number of nitrogens with two attached hydrogens (primary N) is 1. The van der Waals surface area contributed by atoms with Gasteiger partial charge in [-0.25, -0.2) is 9.59 Å². The van der Waals surface area contributed by atoms with E-state index in [2.05, 4.69) is 19.2 Å². The van der Waals surface area contributed by atoms with E-state index in [0.29, 0.717) is 5.69 Å². The molecule has 0 saturated heterocycles. The Hall–Kier alpha value is -2.24. The Morgan fingerprint density at radius 1 is 1.04 bits per heavy atom. The molecular formula is C21H34N2O4. The number of amides is 1. The predicted molar refractivity (Wildman–Crippen MR) is 108 cm³/mol. The molecule has 1 aromatic rings. The number of alkyl carbamates (subject to hydrolysis) is 1. The molecule has 1 atom stereocenters. The average molecular weight is 379 g/mol. The van der Waals surface area contributed by atoms with E-state index < -0.39 is 29.3 Å². The smallest absolute Gasteiger partial charge is 0.408 e. The van der Waals surface area contributed by atoms with Gasteiger partial charge in [0.1, 0.15) is 17.2 Å². The molecular weight excluding hydrogens is 344 g/mol. The Morgan fingerprint density at radius 2 is 1.59 bits per heavy atom. The average Bonchev–Trinajstić information content (AvgIpc) is 2.42. The van der Waals surface area contributed by atoms with Crippen molar-refractivity contribution in [3.05, 3.63) is 29.3 Å². The third kappa shape index (κ3) is 8.33. The summed E-state index contributed by atoms with van der Waals surface area (Å²) in [5.41, 5.74) is 7.19. The first-order valence-corrected chi connectivity index (χ1v) is 9.28. The molecule has 6 nitrogen and oxygen atoms in total. The van der Waals surface area contributed by atoms with E-state index in [1.165, 1.54) is 0 Å². The van der Waals surface area contributed by atoms with Gasteiger partial charge in [-0.05, 0) is 70.7 Å². The van der Waals surface area contributed by atoms with Crippen molar-refractivity contribution in [3.8, 4) is 0 Å². The molecule has 0 aliphatic carbocycles. The number of hydrogen-bond acceptors (Lipinski definition) is 5. The van der Waals surface area contributed by atoms with Crippen molar-refractivity contribution < 1.29 is 19.1 Å². The summed E-state index contributed by atoms with van der Waals surface area (Å²) in [4.78, 5) is 25.0. The van der Waals surface area contributed by atoms with Crippen LogP contribution in [0.15, 0.2) is 18.2 Å². The number of carbonyl (C=O) groups is 2. The number of rotatable bonds is 5. The Labute approximate surface area is 162 Å². The molecule has 0 radical (unpaired) electrons. The van der Waals surface area contributed by atoms with Crippen molar-refractivity contribution >= 4 is 17.7 Å². The number of esters is 1. The highest BCUT2D eigenvalue weighted by Crippen LogP contribution is 2.24. The Bertz CT molecular complexity index is 670. The zero-order valence-electron chi connectivity index (χ0n) is 17.8. The summed E-state index contributed by atoms with van der Waals surface area (Å²) in [6, 6.07) is 4.75. The second-order valence-electron chi connectivity index (χ2n) is 9.05. The second kappa shape index (κ2) is 8.63. The van der Waals surface area contributed by atoms with Gasteiger partial charge in [0, 0.05) is 12.1 Å². The molecule has 1 amide bonds. The summed E-state index contributed by atoms with van der Waals surface area (Å²) in [5.74, 6) is -0.257. The first kappa shape index (κ1) is 22.8. The van der Waals surface area contributed by atoms with E-state index in [4.69, 9.17) is 15.2 Å². The lowest BCUT2D eigenvalue weighted by Crippen LogP contribution is -2.47. The van der Waals surface area contributed by atoms with E-state index in [-0.39, 0.29) is 12.3 Å². The third-order valence-electron chi connectivity index (χ3n) is 3.60. The van der Waals surface area contributed by atoms with Crippen LogP contribution in [0, 0.1) is 0 Å². The molecule has 0 unspecified atom stereocenters. The maximum atomic E-state index is 12.7. The minimum absolute atomic E-state index is 0.251. The standard InChI is InChI=1S/C21H34N2O4/c1-13(2)16-10-9-15(22)11-14(16)12-17(18(24)26-20(3,4)5)23-19(25)27-21(6,7)8/h9-11,13,17H,12,22H2,1-8H3,(H,23,25)/t17-/m1/s1. The number of nitrogens with one attached hydrogen (secondary N) is 1. The molecule has 152 valence electrons. The quantitative estimate of drug-likeness (QED) is 0.593. The fraction of sp³-hybridized carbons (Fsp3) is 0.619. The Kier molecular flexibility index (Phi) is 7.29. The molecule has 1 rings (SSSR count). The van der Waals surface area contributed by atoms with Crippen molar-refractivity contribution in [1.29, 1.82) is 0 Å². The molecule has 0 aliphatic rings. The lowest BCUT2D eigenvalue weighted by atomic mass is 9.92. The number of hydrogen-bond donors (Lipinski definition) is 2. The zero-order valence-corrected chi connectivity index (χ0v) is 17.8. The Morgan fingerprint density at radius 3 is 2.07 bits per heavy atom. The number of anilines is 1. The fourth-order valence-corrected chi connectivity index (χ4v) is 2.60. The van der Waals surface area contributed by atoms with Crippen LogP contribution in [0.2, 0.25) is 0 Å². The van der Waals surface area contributed by atoms with E-state index in [1.54, 1.807) is 41.5 Å². The normalized spacial score (nSPS) is 13.2. The fourth-order valence-electron chi connectivity index (χ4n) is 2.60.